The monoisotopic (exact) mass is 139 g/mol. The van der Waals surface area contributed by atoms with E-state index in [-0.39, 0.29) is 0 Å². The summed E-state index contributed by atoms with van der Waals surface area (Å²) in [7, 11) is 0. The van der Waals surface area contributed by atoms with E-state index >= 15 is 0 Å². The van der Waals surface area contributed by atoms with Crippen molar-refractivity contribution in [3.63, 3.8) is 0 Å². The lowest BCUT2D eigenvalue weighted by Crippen LogP contribution is -2.22. The van der Waals surface area contributed by atoms with Crippen molar-refractivity contribution in [3.05, 3.63) is 16.1 Å². The van der Waals surface area contributed by atoms with Crippen molar-refractivity contribution in [1.29, 1.82) is 0 Å². The fourth-order valence-corrected chi connectivity index (χ4v) is 1.70. The smallest absolute Gasteiger partial charge is 0.152 e. The molecule has 1 aliphatic rings. The minimum atomic E-state index is 0.940. The molecule has 47 valence electrons. The third-order valence-electron chi connectivity index (χ3n) is 1.49. The molecule has 1 aromatic rings. The van der Waals surface area contributed by atoms with Gasteiger partial charge in [0.2, 0.25) is 0 Å². The summed E-state index contributed by atoms with van der Waals surface area (Å²) in [5.74, 6) is 0. The Morgan fingerprint density at radius 2 is 2.67 bits per heavy atom. The van der Waals surface area contributed by atoms with Crippen LogP contribution in [0, 0.1) is 5.51 Å². The highest BCUT2D eigenvalue weighted by Crippen LogP contribution is 2.15. The van der Waals surface area contributed by atoms with Crippen LogP contribution >= 0.6 is 11.3 Å². The van der Waals surface area contributed by atoms with Gasteiger partial charge in [-0.15, -0.1) is 11.3 Å². The lowest BCUT2D eigenvalue weighted by atomic mass is 10.2. The Hall–Kier alpha value is -0.410. The molecule has 0 amide bonds. The van der Waals surface area contributed by atoms with E-state index < -0.39 is 0 Å². The molecule has 1 aliphatic heterocycles. The number of nitrogens with zero attached hydrogens (tertiary/aromatic N) is 1. The number of fused-ring (bicyclic) bond motifs is 1. The Morgan fingerprint density at radius 1 is 1.67 bits per heavy atom. The molecule has 3 heteroatoms. The van der Waals surface area contributed by atoms with Crippen molar-refractivity contribution < 1.29 is 0 Å². The molecule has 0 saturated heterocycles. The third-order valence-corrected chi connectivity index (χ3v) is 2.36. The molecule has 0 aliphatic carbocycles. The maximum absolute atomic E-state index is 4.09. The Bertz CT molecular complexity index is 186. The van der Waals surface area contributed by atoms with Gasteiger partial charge in [-0.25, -0.2) is 4.98 Å². The largest absolute Gasteiger partial charge is 0.311 e. The zero-order valence-corrected chi connectivity index (χ0v) is 5.79. The predicted molar refractivity (Wildman–Crippen MR) is 36.4 cm³/mol. The lowest BCUT2D eigenvalue weighted by molar-refractivity contribution is 0.639. The molecule has 0 atom stereocenters. The minimum absolute atomic E-state index is 0.940. The molecule has 0 unspecified atom stereocenters. The molecule has 2 rings (SSSR count). The molecule has 1 N–H and O–H groups in total. The number of nitrogens with one attached hydrogen (secondary N) is 1. The van der Waals surface area contributed by atoms with Gasteiger partial charge in [-0.2, -0.15) is 0 Å². The lowest BCUT2D eigenvalue weighted by Gasteiger charge is -2.09. The molecule has 0 saturated carbocycles. The SMILES string of the molecule is [c]1nc2c(s1)CCNC2. The molecule has 0 bridgehead atoms. The van der Waals surface area contributed by atoms with Gasteiger partial charge in [0.05, 0.1) is 5.69 Å². The van der Waals surface area contributed by atoms with Crippen LogP contribution in [0.3, 0.4) is 0 Å². The quantitative estimate of drug-likeness (QED) is 0.569. The van der Waals surface area contributed by atoms with Crippen LogP contribution in [-0.4, -0.2) is 11.5 Å². The summed E-state index contributed by atoms with van der Waals surface area (Å²) < 4.78 is 0. The van der Waals surface area contributed by atoms with E-state index in [2.05, 4.69) is 15.8 Å². The van der Waals surface area contributed by atoms with Gasteiger partial charge < -0.3 is 5.32 Å². The molecular weight excluding hydrogens is 132 g/mol. The third kappa shape index (κ3) is 0.862. The normalized spacial score (nSPS) is 17.3. The maximum atomic E-state index is 4.09. The summed E-state index contributed by atoms with van der Waals surface area (Å²) in [5, 5.41) is 3.25. The summed E-state index contributed by atoms with van der Waals surface area (Å²) >= 11 is 1.65. The number of thiazole rings is 1. The second-order valence-corrected chi connectivity index (χ2v) is 2.98. The highest BCUT2D eigenvalue weighted by Gasteiger charge is 2.09. The Kier molecular flexibility index (Phi) is 1.24. The molecular formula is C6H7N2S. The van der Waals surface area contributed by atoms with Gasteiger partial charge in [-0.3, -0.25) is 0 Å². The van der Waals surface area contributed by atoms with Crippen LogP contribution in [0.2, 0.25) is 0 Å². The second kappa shape index (κ2) is 2.08. The van der Waals surface area contributed by atoms with Crippen molar-refractivity contribution in [3.8, 4) is 0 Å². The van der Waals surface area contributed by atoms with Crippen molar-refractivity contribution in [1.82, 2.24) is 10.3 Å². The van der Waals surface area contributed by atoms with Crippen LogP contribution in [0.5, 0.6) is 0 Å². The van der Waals surface area contributed by atoms with Crippen LogP contribution < -0.4 is 5.32 Å². The number of rotatable bonds is 0. The van der Waals surface area contributed by atoms with Gasteiger partial charge >= 0.3 is 0 Å². The van der Waals surface area contributed by atoms with Crippen molar-refractivity contribution in [2.75, 3.05) is 6.54 Å². The predicted octanol–water partition coefficient (Wildman–Crippen LogP) is 0.589. The summed E-state index contributed by atoms with van der Waals surface area (Å²) in [6, 6.07) is 0. The zero-order valence-electron chi connectivity index (χ0n) is 4.98. The molecule has 0 aromatic carbocycles. The van der Waals surface area contributed by atoms with Gasteiger partial charge in [0.15, 0.2) is 5.51 Å². The molecule has 9 heavy (non-hydrogen) atoms. The van der Waals surface area contributed by atoms with Crippen LogP contribution in [0.4, 0.5) is 0 Å². The summed E-state index contributed by atoms with van der Waals surface area (Å²) in [4.78, 5) is 5.50. The first-order valence-electron chi connectivity index (χ1n) is 3.02. The van der Waals surface area contributed by atoms with E-state index in [0.717, 1.165) is 19.5 Å². The fraction of sp³-hybridized carbons (Fsp3) is 0.500. The van der Waals surface area contributed by atoms with Crippen molar-refractivity contribution >= 4 is 11.3 Å². The van der Waals surface area contributed by atoms with Crippen LogP contribution in [0.15, 0.2) is 0 Å². The Balaban J connectivity index is 2.39. The van der Waals surface area contributed by atoms with Gasteiger partial charge in [-0.05, 0) is 6.42 Å². The van der Waals surface area contributed by atoms with Gasteiger partial charge in [-0.1, -0.05) is 0 Å². The summed E-state index contributed by atoms with van der Waals surface area (Å²) in [5.41, 5.74) is 4.09. The van der Waals surface area contributed by atoms with Crippen LogP contribution in [-0.2, 0) is 13.0 Å². The molecule has 1 aromatic heterocycles. The van der Waals surface area contributed by atoms with Gasteiger partial charge in [0.25, 0.3) is 0 Å². The minimum Gasteiger partial charge on any atom is -0.311 e. The van der Waals surface area contributed by atoms with E-state index in [1.807, 2.05) is 0 Å². The molecule has 0 spiro atoms. The number of aromatic nitrogens is 1. The second-order valence-electron chi connectivity index (χ2n) is 2.10. The highest BCUT2D eigenvalue weighted by molar-refractivity contribution is 7.09. The topological polar surface area (TPSA) is 24.9 Å². The van der Waals surface area contributed by atoms with Crippen molar-refractivity contribution in [2.24, 2.45) is 0 Å². The van der Waals surface area contributed by atoms with E-state index in [4.69, 9.17) is 0 Å². The van der Waals surface area contributed by atoms with Crippen molar-refractivity contribution in [2.45, 2.75) is 13.0 Å². The molecule has 2 heterocycles. The van der Waals surface area contributed by atoms with E-state index in [1.165, 1.54) is 10.6 Å². The van der Waals surface area contributed by atoms with E-state index in [1.54, 1.807) is 11.3 Å². The van der Waals surface area contributed by atoms with Crippen LogP contribution in [0.25, 0.3) is 0 Å². The van der Waals surface area contributed by atoms with Gasteiger partial charge in [0, 0.05) is 18.0 Å². The summed E-state index contributed by atoms with van der Waals surface area (Å²) in [6.45, 7) is 2.04. The maximum Gasteiger partial charge on any atom is 0.152 e. The highest BCUT2D eigenvalue weighted by atomic mass is 32.1. The Morgan fingerprint density at radius 3 is 3.56 bits per heavy atom. The average Bonchev–Trinajstić information content (AvgIpc) is 2.33. The first-order valence-corrected chi connectivity index (χ1v) is 3.84. The summed E-state index contributed by atoms with van der Waals surface area (Å²) in [6.07, 6.45) is 1.14. The first-order chi connectivity index (χ1) is 4.47. The Labute approximate surface area is 57.9 Å². The van der Waals surface area contributed by atoms with E-state index in [9.17, 15) is 0 Å². The molecule has 2 nitrogen and oxygen atoms in total. The zero-order chi connectivity index (χ0) is 6.10. The van der Waals surface area contributed by atoms with E-state index in [0.29, 0.717) is 0 Å². The molecule has 1 radical (unpaired) electrons. The first kappa shape index (κ1) is 5.38. The van der Waals surface area contributed by atoms with Gasteiger partial charge in [0.1, 0.15) is 0 Å². The standard InChI is InChI=1S/C6H7N2S/c1-2-7-3-5-6(1)9-4-8-5/h7H,1-3H2. The average molecular weight is 139 g/mol. The molecule has 0 fully saturated rings. The number of hydrogen-bond donors (Lipinski definition) is 1. The van der Waals surface area contributed by atoms with Crippen LogP contribution in [0.1, 0.15) is 10.6 Å². The fourth-order valence-electron chi connectivity index (χ4n) is 0.996. The number of hydrogen-bond acceptors (Lipinski definition) is 3.